The van der Waals surface area contributed by atoms with Crippen molar-refractivity contribution in [3.05, 3.63) is 53.6 Å². The van der Waals surface area contributed by atoms with E-state index >= 15 is 0 Å². The van der Waals surface area contributed by atoms with Gasteiger partial charge in [-0.15, -0.1) is 0 Å². The highest BCUT2D eigenvalue weighted by Crippen LogP contribution is 2.36. The number of alkyl halides is 1. The average molecular weight is 505 g/mol. The first-order chi connectivity index (χ1) is 17.3. The van der Waals surface area contributed by atoms with Crippen LogP contribution in [0.15, 0.2) is 36.4 Å². The Balaban J connectivity index is 1.55. The summed E-state index contributed by atoms with van der Waals surface area (Å²) >= 11 is 0. The largest absolute Gasteiger partial charge is 0.490 e. The summed E-state index contributed by atoms with van der Waals surface area (Å²) in [4.78, 5) is 12.0. The Labute approximate surface area is 213 Å². The van der Waals surface area contributed by atoms with Crippen LogP contribution in [-0.2, 0) is 9.53 Å². The molecule has 1 aliphatic carbocycles. The second-order valence-corrected chi connectivity index (χ2v) is 9.97. The number of rotatable bonds is 12. The lowest BCUT2D eigenvalue weighted by atomic mass is 9.82. The molecule has 6 heteroatoms. The molecule has 0 saturated heterocycles. The Morgan fingerprint density at radius 1 is 0.944 bits per heavy atom. The predicted octanol–water partition coefficient (Wildman–Crippen LogP) is 8.54. The van der Waals surface area contributed by atoms with Gasteiger partial charge in [-0.3, -0.25) is 0 Å². The third-order valence-electron chi connectivity index (χ3n) is 7.32. The Hall–Kier alpha value is -2.50. The molecule has 0 aromatic heterocycles. The fourth-order valence-corrected chi connectivity index (χ4v) is 4.69. The molecule has 2 aromatic rings. The molecular formula is C30H39F3O3. The van der Waals surface area contributed by atoms with Crippen LogP contribution in [0.5, 0.6) is 5.75 Å². The molecule has 36 heavy (non-hydrogen) atoms. The topological polar surface area (TPSA) is 35.5 Å². The molecule has 2 aromatic carbocycles. The van der Waals surface area contributed by atoms with Crippen molar-refractivity contribution in [2.75, 3.05) is 6.61 Å². The van der Waals surface area contributed by atoms with E-state index in [-0.39, 0.29) is 29.3 Å². The van der Waals surface area contributed by atoms with Gasteiger partial charge < -0.3 is 9.47 Å². The minimum atomic E-state index is -1.57. The lowest BCUT2D eigenvalue weighted by Crippen LogP contribution is -2.31. The fraction of sp³-hybridized carbons (Fsp3) is 0.567. The van der Waals surface area contributed by atoms with Gasteiger partial charge in [0.25, 0.3) is 0 Å². The summed E-state index contributed by atoms with van der Waals surface area (Å²) in [6, 6.07) is 10.6. The van der Waals surface area contributed by atoms with E-state index < -0.39 is 23.8 Å². The number of carbonyl (C=O) groups is 1. The molecular weight excluding hydrogens is 465 g/mol. The molecule has 0 unspecified atom stereocenters. The lowest BCUT2D eigenvalue weighted by molar-refractivity contribution is -0.158. The molecule has 0 heterocycles. The van der Waals surface area contributed by atoms with Gasteiger partial charge in [0.2, 0.25) is 5.82 Å². The molecule has 0 N–H and O–H groups in total. The predicted molar refractivity (Wildman–Crippen MR) is 137 cm³/mol. The highest BCUT2D eigenvalue weighted by Gasteiger charge is 2.30. The maximum atomic E-state index is 14.8. The third kappa shape index (κ3) is 7.27. The van der Waals surface area contributed by atoms with Crippen LogP contribution >= 0.6 is 0 Å². The van der Waals surface area contributed by atoms with Gasteiger partial charge in [-0.1, -0.05) is 70.7 Å². The molecule has 0 amide bonds. The van der Waals surface area contributed by atoms with Crippen LogP contribution < -0.4 is 4.74 Å². The fourth-order valence-electron chi connectivity index (χ4n) is 4.69. The standard InChI is InChI=1S/C30H39F3O3/c1-4-6-7-8-19-35-26-18-17-25(28(32)29(26)33)23-11-9-21(10-12-23)22-13-15-24(16-14-22)36-30(34)27(31)20(3)5-2/h9-12,17-18,20,22,24,27H,4-8,13-16,19H2,1-3H3/t20-,22-,24-,27-/m0/s1. The smallest absolute Gasteiger partial charge is 0.341 e. The van der Waals surface area contributed by atoms with E-state index in [2.05, 4.69) is 6.92 Å². The third-order valence-corrected chi connectivity index (χ3v) is 7.32. The van der Waals surface area contributed by atoms with Crippen molar-refractivity contribution in [2.24, 2.45) is 5.92 Å². The van der Waals surface area contributed by atoms with Gasteiger partial charge in [0, 0.05) is 5.56 Å². The normalized spacial score (nSPS) is 19.5. The van der Waals surface area contributed by atoms with Crippen molar-refractivity contribution < 1.29 is 27.4 Å². The average Bonchev–Trinajstić information content (AvgIpc) is 2.90. The van der Waals surface area contributed by atoms with Crippen molar-refractivity contribution >= 4 is 5.97 Å². The van der Waals surface area contributed by atoms with E-state index in [1.807, 2.05) is 31.2 Å². The van der Waals surface area contributed by atoms with E-state index in [4.69, 9.17) is 9.47 Å². The summed E-state index contributed by atoms with van der Waals surface area (Å²) in [5.74, 6) is -2.72. The highest BCUT2D eigenvalue weighted by atomic mass is 19.2. The zero-order chi connectivity index (χ0) is 26.1. The second-order valence-electron chi connectivity index (χ2n) is 9.97. The van der Waals surface area contributed by atoms with Gasteiger partial charge in [-0.2, -0.15) is 4.39 Å². The number of carbonyl (C=O) groups excluding carboxylic acids is 1. The number of unbranched alkanes of at least 4 members (excludes halogenated alkanes) is 3. The summed E-state index contributed by atoms with van der Waals surface area (Å²) in [5, 5.41) is 0. The zero-order valence-electron chi connectivity index (χ0n) is 21.7. The maximum absolute atomic E-state index is 14.8. The number of ether oxygens (including phenoxy) is 2. The Bertz CT molecular complexity index is 968. The van der Waals surface area contributed by atoms with Gasteiger partial charge >= 0.3 is 5.97 Å². The number of halogens is 3. The molecule has 1 fully saturated rings. The van der Waals surface area contributed by atoms with Crippen LogP contribution in [0.1, 0.15) is 90.0 Å². The van der Waals surface area contributed by atoms with Gasteiger partial charge in [0.1, 0.15) is 6.10 Å². The van der Waals surface area contributed by atoms with Crippen LogP contribution in [0.2, 0.25) is 0 Å². The SMILES string of the molecule is CCCCCCOc1ccc(-c2ccc([C@H]3CC[C@H](OC(=O)[C@@H](F)[C@@H](C)CC)CC3)cc2)c(F)c1F. The Morgan fingerprint density at radius 2 is 1.64 bits per heavy atom. The molecule has 0 radical (unpaired) electrons. The van der Waals surface area contributed by atoms with Gasteiger partial charge in [0.15, 0.2) is 17.7 Å². The van der Waals surface area contributed by atoms with Crippen LogP contribution in [0.4, 0.5) is 13.2 Å². The molecule has 2 atom stereocenters. The summed E-state index contributed by atoms with van der Waals surface area (Å²) in [6.07, 6.45) is 5.81. The number of hydrogen-bond donors (Lipinski definition) is 0. The molecule has 3 rings (SSSR count). The van der Waals surface area contributed by atoms with Gasteiger partial charge in [-0.25, -0.2) is 13.6 Å². The van der Waals surface area contributed by atoms with E-state index in [9.17, 15) is 18.0 Å². The molecule has 0 bridgehead atoms. The molecule has 198 valence electrons. The van der Waals surface area contributed by atoms with Crippen molar-refractivity contribution in [1.82, 2.24) is 0 Å². The number of esters is 1. The highest BCUT2D eigenvalue weighted by molar-refractivity contribution is 5.75. The zero-order valence-corrected chi connectivity index (χ0v) is 21.7. The molecule has 0 aliphatic heterocycles. The second kappa shape index (κ2) is 13.7. The Morgan fingerprint density at radius 3 is 2.28 bits per heavy atom. The minimum Gasteiger partial charge on any atom is -0.490 e. The first kappa shape index (κ1) is 28.1. The maximum Gasteiger partial charge on any atom is 0.341 e. The lowest BCUT2D eigenvalue weighted by Gasteiger charge is -2.29. The van der Waals surface area contributed by atoms with E-state index in [1.165, 1.54) is 6.07 Å². The van der Waals surface area contributed by atoms with Crippen molar-refractivity contribution in [2.45, 2.75) is 96.8 Å². The quantitative estimate of drug-likeness (QED) is 0.215. The van der Waals surface area contributed by atoms with Crippen LogP contribution in [0.3, 0.4) is 0 Å². The molecule has 3 nitrogen and oxygen atoms in total. The summed E-state index contributed by atoms with van der Waals surface area (Å²) < 4.78 is 54.3. The monoisotopic (exact) mass is 504 g/mol. The van der Waals surface area contributed by atoms with Crippen molar-refractivity contribution in [3.8, 4) is 16.9 Å². The molecule has 0 spiro atoms. The van der Waals surface area contributed by atoms with Gasteiger partial charge in [-0.05, 0) is 67.2 Å². The molecule has 1 saturated carbocycles. The van der Waals surface area contributed by atoms with E-state index in [0.29, 0.717) is 31.4 Å². The summed E-state index contributed by atoms with van der Waals surface area (Å²) in [6.45, 7) is 6.05. The van der Waals surface area contributed by atoms with Crippen LogP contribution in [0, 0.1) is 17.6 Å². The van der Waals surface area contributed by atoms with Crippen molar-refractivity contribution in [1.29, 1.82) is 0 Å². The Kier molecular flexibility index (Phi) is 10.7. The van der Waals surface area contributed by atoms with Crippen molar-refractivity contribution in [3.63, 3.8) is 0 Å². The molecule has 1 aliphatic rings. The van der Waals surface area contributed by atoms with Crippen LogP contribution in [-0.4, -0.2) is 24.9 Å². The van der Waals surface area contributed by atoms with E-state index in [0.717, 1.165) is 44.1 Å². The van der Waals surface area contributed by atoms with E-state index in [1.54, 1.807) is 13.0 Å². The van der Waals surface area contributed by atoms with Gasteiger partial charge in [0.05, 0.1) is 6.61 Å². The first-order valence-corrected chi connectivity index (χ1v) is 13.4. The number of benzene rings is 2. The van der Waals surface area contributed by atoms with Crippen LogP contribution in [0.25, 0.3) is 11.1 Å². The summed E-state index contributed by atoms with van der Waals surface area (Å²) in [7, 11) is 0. The first-order valence-electron chi connectivity index (χ1n) is 13.4. The number of hydrogen-bond acceptors (Lipinski definition) is 3. The summed E-state index contributed by atoms with van der Waals surface area (Å²) in [5.41, 5.74) is 1.92. The minimum absolute atomic E-state index is 0.0509.